The van der Waals surface area contributed by atoms with E-state index in [1.807, 2.05) is 31.2 Å². The summed E-state index contributed by atoms with van der Waals surface area (Å²) in [6.07, 6.45) is 0. The van der Waals surface area contributed by atoms with Crippen molar-refractivity contribution in [1.29, 1.82) is 0 Å². The number of esters is 1. The molecular weight excluding hydrogens is 336 g/mol. The number of carbonyl (C=O) groups is 1. The van der Waals surface area contributed by atoms with Crippen LogP contribution in [0.25, 0.3) is 21.9 Å². The molecule has 2 aromatic carbocycles. The van der Waals surface area contributed by atoms with Crippen molar-refractivity contribution in [3.05, 3.63) is 69.7 Å². The van der Waals surface area contributed by atoms with Gasteiger partial charge in [0.15, 0.2) is 0 Å². The second-order valence-electron chi connectivity index (χ2n) is 5.89. The first-order chi connectivity index (χ1) is 12.5. The molecule has 0 unspecified atom stereocenters. The number of nitro benzene ring substituents is 1. The Balaban J connectivity index is 1.56. The lowest BCUT2D eigenvalue weighted by Gasteiger charge is -2.03. The zero-order valence-corrected chi connectivity index (χ0v) is 13.8. The Labute approximate surface area is 147 Å². The predicted octanol–water partition coefficient (Wildman–Crippen LogP) is 3.62. The number of fused-ring (bicyclic) bond motifs is 2. The van der Waals surface area contributed by atoms with E-state index in [0.717, 1.165) is 16.6 Å². The number of nitrogens with zero attached hydrogens (tertiary/aromatic N) is 2. The maximum absolute atomic E-state index is 12.5. The minimum Gasteiger partial charge on any atom is -0.454 e. The fourth-order valence-corrected chi connectivity index (χ4v) is 2.98. The number of aromatic amines is 2. The second-order valence-corrected chi connectivity index (χ2v) is 5.89. The number of H-pyrrole nitrogens is 2. The highest BCUT2D eigenvalue weighted by Gasteiger charge is 2.18. The van der Waals surface area contributed by atoms with Gasteiger partial charge in [-0.15, -0.1) is 0 Å². The van der Waals surface area contributed by atoms with E-state index in [4.69, 9.17) is 4.74 Å². The molecule has 2 aromatic heterocycles. The van der Waals surface area contributed by atoms with E-state index in [1.54, 1.807) is 6.07 Å². The number of benzene rings is 2. The van der Waals surface area contributed by atoms with Crippen LogP contribution in [-0.2, 0) is 11.3 Å². The van der Waals surface area contributed by atoms with Crippen LogP contribution in [0.3, 0.4) is 0 Å². The molecule has 0 aliphatic heterocycles. The Bertz CT molecular complexity index is 1160. The lowest BCUT2D eigenvalue weighted by Crippen LogP contribution is -2.07. The molecule has 2 N–H and O–H groups in total. The molecule has 0 saturated carbocycles. The quantitative estimate of drug-likeness (QED) is 0.331. The number of carbonyl (C=O) groups excluding carboxylic acids is 1. The molecule has 0 aliphatic carbocycles. The van der Waals surface area contributed by atoms with Crippen LogP contribution in [0.2, 0.25) is 0 Å². The van der Waals surface area contributed by atoms with Gasteiger partial charge in [-0.05, 0) is 19.1 Å². The van der Waals surface area contributed by atoms with Gasteiger partial charge in [0.05, 0.1) is 21.5 Å². The van der Waals surface area contributed by atoms with Crippen LogP contribution in [0.1, 0.15) is 21.9 Å². The van der Waals surface area contributed by atoms with E-state index in [-0.39, 0.29) is 12.3 Å². The molecular formula is C18H14N4O4. The van der Waals surface area contributed by atoms with Crippen molar-refractivity contribution in [2.75, 3.05) is 0 Å². The van der Waals surface area contributed by atoms with E-state index in [0.29, 0.717) is 22.4 Å². The van der Waals surface area contributed by atoms with E-state index >= 15 is 0 Å². The smallest absolute Gasteiger partial charge is 0.341 e. The Morgan fingerprint density at radius 2 is 2.00 bits per heavy atom. The molecule has 0 atom stereocenters. The Morgan fingerprint density at radius 3 is 2.81 bits per heavy atom. The van der Waals surface area contributed by atoms with Crippen LogP contribution in [0, 0.1) is 17.0 Å². The molecule has 0 fully saturated rings. The van der Waals surface area contributed by atoms with Crippen molar-refractivity contribution in [3.63, 3.8) is 0 Å². The zero-order chi connectivity index (χ0) is 18.3. The molecule has 0 spiro atoms. The number of rotatable bonds is 4. The summed E-state index contributed by atoms with van der Waals surface area (Å²) in [4.78, 5) is 33.2. The largest absolute Gasteiger partial charge is 0.454 e. The number of non-ortho nitro benzene ring substituents is 1. The number of nitrogens with one attached hydrogen (secondary N) is 2. The molecule has 26 heavy (non-hydrogen) atoms. The summed E-state index contributed by atoms with van der Waals surface area (Å²) in [5.74, 6) is -0.0299. The van der Waals surface area contributed by atoms with E-state index in [2.05, 4.69) is 15.0 Å². The third-order valence-electron chi connectivity index (χ3n) is 4.16. The predicted molar refractivity (Wildman–Crippen MR) is 94.9 cm³/mol. The van der Waals surface area contributed by atoms with Crippen molar-refractivity contribution >= 4 is 33.6 Å². The SMILES string of the molecule is Cc1[nH]c2ccccc2c1C(=O)OCc1nc2ccc([N+](=O)[O-])cc2[nH]1. The lowest BCUT2D eigenvalue weighted by atomic mass is 10.1. The maximum Gasteiger partial charge on any atom is 0.341 e. The monoisotopic (exact) mass is 350 g/mol. The molecule has 8 nitrogen and oxygen atoms in total. The highest BCUT2D eigenvalue weighted by Crippen LogP contribution is 2.23. The Kier molecular flexibility index (Phi) is 3.65. The minimum absolute atomic E-state index is 0.0286. The maximum atomic E-state index is 12.5. The fourth-order valence-electron chi connectivity index (χ4n) is 2.98. The number of ether oxygens (including phenoxy) is 1. The Morgan fingerprint density at radius 1 is 1.19 bits per heavy atom. The summed E-state index contributed by atoms with van der Waals surface area (Å²) < 4.78 is 5.38. The van der Waals surface area contributed by atoms with Gasteiger partial charge in [0.1, 0.15) is 12.4 Å². The summed E-state index contributed by atoms with van der Waals surface area (Å²) in [6, 6.07) is 11.8. The number of para-hydroxylation sites is 1. The van der Waals surface area contributed by atoms with Gasteiger partial charge in [0, 0.05) is 28.7 Å². The summed E-state index contributed by atoms with van der Waals surface area (Å²) in [6.45, 7) is 1.76. The average molecular weight is 350 g/mol. The van der Waals surface area contributed by atoms with E-state index < -0.39 is 10.9 Å². The van der Waals surface area contributed by atoms with Gasteiger partial charge >= 0.3 is 5.97 Å². The molecule has 4 rings (SSSR count). The number of nitro groups is 1. The van der Waals surface area contributed by atoms with Gasteiger partial charge < -0.3 is 14.7 Å². The fraction of sp³-hybridized carbons (Fsp3) is 0.111. The van der Waals surface area contributed by atoms with Gasteiger partial charge in [-0.2, -0.15) is 0 Å². The van der Waals surface area contributed by atoms with Crippen LogP contribution in [0.15, 0.2) is 42.5 Å². The van der Waals surface area contributed by atoms with Crippen molar-refractivity contribution in [2.45, 2.75) is 13.5 Å². The molecule has 130 valence electrons. The summed E-state index contributed by atoms with van der Waals surface area (Å²) in [5, 5.41) is 11.6. The Hall–Kier alpha value is -3.68. The van der Waals surface area contributed by atoms with Crippen molar-refractivity contribution < 1.29 is 14.5 Å². The van der Waals surface area contributed by atoms with Gasteiger partial charge in [0.25, 0.3) is 5.69 Å². The number of aryl methyl sites for hydroxylation is 1. The van der Waals surface area contributed by atoms with E-state index in [9.17, 15) is 14.9 Å². The first-order valence-electron chi connectivity index (χ1n) is 7.90. The highest BCUT2D eigenvalue weighted by atomic mass is 16.6. The number of aromatic nitrogens is 3. The molecule has 0 radical (unpaired) electrons. The molecule has 8 heteroatoms. The lowest BCUT2D eigenvalue weighted by molar-refractivity contribution is -0.384. The van der Waals surface area contributed by atoms with Crippen LogP contribution >= 0.6 is 0 Å². The van der Waals surface area contributed by atoms with Crippen molar-refractivity contribution in [1.82, 2.24) is 15.0 Å². The summed E-state index contributed by atoms with van der Waals surface area (Å²) >= 11 is 0. The first-order valence-corrected chi connectivity index (χ1v) is 7.90. The van der Waals surface area contributed by atoms with Crippen LogP contribution < -0.4 is 0 Å². The third kappa shape index (κ3) is 2.67. The molecule has 2 heterocycles. The average Bonchev–Trinajstić information content (AvgIpc) is 3.18. The number of hydrogen-bond donors (Lipinski definition) is 2. The summed E-state index contributed by atoms with van der Waals surface area (Å²) in [5.41, 5.74) is 3.16. The van der Waals surface area contributed by atoms with Gasteiger partial charge in [-0.1, -0.05) is 18.2 Å². The van der Waals surface area contributed by atoms with Crippen LogP contribution in [-0.4, -0.2) is 25.8 Å². The van der Waals surface area contributed by atoms with Crippen LogP contribution in [0.5, 0.6) is 0 Å². The highest BCUT2D eigenvalue weighted by molar-refractivity contribution is 6.05. The zero-order valence-electron chi connectivity index (χ0n) is 13.8. The van der Waals surface area contributed by atoms with Gasteiger partial charge in [0.2, 0.25) is 0 Å². The topological polar surface area (TPSA) is 114 Å². The number of imidazole rings is 1. The normalized spacial score (nSPS) is 11.1. The molecule has 4 aromatic rings. The third-order valence-corrected chi connectivity index (χ3v) is 4.16. The van der Waals surface area contributed by atoms with Gasteiger partial charge in [-0.25, -0.2) is 9.78 Å². The minimum atomic E-state index is -0.472. The van der Waals surface area contributed by atoms with Gasteiger partial charge in [-0.3, -0.25) is 10.1 Å². The summed E-state index contributed by atoms with van der Waals surface area (Å²) in [7, 11) is 0. The van der Waals surface area contributed by atoms with Crippen LogP contribution in [0.4, 0.5) is 5.69 Å². The molecule has 0 aliphatic rings. The number of hydrogen-bond acceptors (Lipinski definition) is 5. The molecule has 0 amide bonds. The van der Waals surface area contributed by atoms with Crippen molar-refractivity contribution in [2.24, 2.45) is 0 Å². The van der Waals surface area contributed by atoms with Crippen molar-refractivity contribution in [3.8, 4) is 0 Å². The molecule has 0 bridgehead atoms. The van der Waals surface area contributed by atoms with E-state index in [1.165, 1.54) is 12.1 Å². The standard InChI is InChI=1S/C18H14N4O4/c1-10-17(12-4-2-3-5-13(12)19-10)18(23)26-9-16-20-14-7-6-11(22(24)25)8-15(14)21-16/h2-8,19H,9H2,1H3,(H,20,21). The second kappa shape index (κ2) is 5.99. The first kappa shape index (κ1) is 15.8. The molecule has 0 saturated heterocycles.